The van der Waals surface area contributed by atoms with Crippen molar-refractivity contribution in [1.82, 2.24) is 0 Å². The highest BCUT2D eigenvalue weighted by atomic mass is 16.5. The molecule has 3 aromatic carbocycles. The largest absolute Gasteiger partial charge is 0.378 e. The van der Waals surface area contributed by atoms with Gasteiger partial charge in [0.1, 0.15) is 0 Å². The van der Waals surface area contributed by atoms with Crippen molar-refractivity contribution in [3.63, 3.8) is 0 Å². The molecular formula is C23H22N2O. The van der Waals surface area contributed by atoms with Gasteiger partial charge < -0.3 is 9.64 Å². The third-order valence-corrected chi connectivity index (χ3v) is 4.61. The highest BCUT2D eigenvalue weighted by Gasteiger charge is 2.10. The maximum Gasteiger partial charge on any atom is 0.0642 e. The topological polar surface area (TPSA) is 24.8 Å². The Kier molecular flexibility index (Phi) is 5.08. The number of aliphatic imine (C=N–C) groups is 1. The molecule has 3 nitrogen and oxygen atoms in total. The van der Waals surface area contributed by atoms with Crippen LogP contribution in [-0.2, 0) is 4.74 Å². The predicted octanol–water partition coefficient (Wildman–Crippen LogP) is 4.94. The summed E-state index contributed by atoms with van der Waals surface area (Å²) >= 11 is 0. The predicted molar refractivity (Wildman–Crippen MR) is 109 cm³/mol. The first-order valence-electron chi connectivity index (χ1n) is 9.01. The molecule has 0 N–H and O–H groups in total. The van der Waals surface area contributed by atoms with Crippen LogP contribution in [0.3, 0.4) is 0 Å². The van der Waals surface area contributed by atoms with Gasteiger partial charge in [0.15, 0.2) is 0 Å². The quantitative estimate of drug-likeness (QED) is 0.627. The first-order chi connectivity index (χ1) is 12.9. The van der Waals surface area contributed by atoms with Gasteiger partial charge in [-0.1, -0.05) is 54.6 Å². The van der Waals surface area contributed by atoms with E-state index >= 15 is 0 Å². The lowest BCUT2D eigenvalue weighted by Crippen LogP contribution is -2.36. The summed E-state index contributed by atoms with van der Waals surface area (Å²) in [6.07, 6.45) is 1.92. The van der Waals surface area contributed by atoms with E-state index in [-0.39, 0.29) is 0 Å². The van der Waals surface area contributed by atoms with E-state index < -0.39 is 0 Å². The summed E-state index contributed by atoms with van der Waals surface area (Å²) in [4.78, 5) is 6.95. The number of ether oxygens (including phenoxy) is 1. The number of morpholine rings is 1. The molecule has 26 heavy (non-hydrogen) atoms. The van der Waals surface area contributed by atoms with Crippen molar-refractivity contribution >= 4 is 17.6 Å². The number of nitrogens with zero attached hydrogens (tertiary/aromatic N) is 2. The van der Waals surface area contributed by atoms with Gasteiger partial charge in [0.25, 0.3) is 0 Å². The van der Waals surface area contributed by atoms with Crippen molar-refractivity contribution < 1.29 is 4.74 Å². The molecule has 0 saturated carbocycles. The average Bonchev–Trinajstić information content (AvgIpc) is 2.74. The number of rotatable bonds is 4. The first kappa shape index (κ1) is 16.6. The molecular weight excluding hydrogens is 320 g/mol. The normalized spacial score (nSPS) is 14.7. The maximum atomic E-state index is 5.41. The van der Waals surface area contributed by atoms with Gasteiger partial charge in [-0.25, -0.2) is 0 Å². The van der Waals surface area contributed by atoms with Crippen molar-refractivity contribution in [3.05, 3.63) is 84.4 Å². The minimum atomic E-state index is 0.808. The molecule has 0 unspecified atom stereocenters. The van der Waals surface area contributed by atoms with Crippen molar-refractivity contribution in [3.8, 4) is 11.1 Å². The Bertz CT molecular complexity index is 849. The fourth-order valence-corrected chi connectivity index (χ4v) is 3.11. The molecule has 3 heteroatoms. The smallest absolute Gasteiger partial charge is 0.0642 e. The Hall–Kier alpha value is -2.91. The molecule has 1 heterocycles. The highest BCUT2D eigenvalue weighted by molar-refractivity contribution is 5.82. The van der Waals surface area contributed by atoms with E-state index in [0.717, 1.165) is 37.6 Å². The van der Waals surface area contributed by atoms with Crippen molar-refractivity contribution in [2.45, 2.75) is 0 Å². The minimum Gasteiger partial charge on any atom is -0.378 e. The summed E-state index contributed by atoms with van der Waals surface area (Å²) in [5.41, 5.74) is 5.75. The van der Waals surface area contributed by atoms with Gasteiger partial charge in [-0.2, -0.15) is 0 Å². The zero-order chi connectivity index (χ0) is 17.6. The Morgan fingerprint density at radius 1 is 0.731 bits per heavy atom. The number of benzene rings is 3. The summed E-state index contributed by atoms with van der Waals surface area (Å²) in [6, 6.07) is 27.3. The molecule has 1 aliphatic rings. The second-order valence-corrected chi connectivity index (χ2v) is 6.36. The summed E-state index contributed by atoms with van der Waals surface area (Å²) in [7, 11) is 0. The molecule has 0 aliphatic carbocycles. The van der Waals surface area contributed by atoms with Crippen LogP contribution in [0.15, 0.2) is 83.9 Å². The molecule has 130 valence electrons. The highest BCUT2D eigenvalue weighted by Crippen LogP contribution is 2.22. The van der Waals surface area contributed by atoms with Gasteiger partial charge >= 0.3 is 0 Å². The van der Waals surface area contributed by atoms with E-state index in [1.807, 2.05) is 12.3 Å². The van der Waals surface area contributed by atoms with E-state index in [2.05, 4.69) is 82.7 Å². The Morgan fingerprint density at radius 3 is 2.08 bits per heavy atom. The van der Waals surface area contributed by atoms with Crippen LogP contribution in [-0.4, -0.2) is 32.5 Å². The fourth-order valence-electron chi connectivity index (χ4n) is 3.11. The molecule has 4 rings (SSSR count). The van der Waals surface area contributed by atoms with Crippen LogP contribution in [0.25, 0.3) is 11.1 Å². The van der Waals surface area contributed by atoms with E-state index in [1.165, 1.54) is 16.8 Å². The number of hydrogen-bond donors (Lipinski definition) is 0. The second kappa shape index (κ2) is 7.98. The maximum absolute atomic E-state index is 5.41. The third-order valence-electron chi connectivity index (χ3n) is 4.61. The summed E-state index contributed by atoms with van der Waals surface area (Å²) in [6.45, 7) is 3.53. The van der Waals surface area contributed by atoms with Crippen LogP contribution >= 0.6 is 0 Å². The lowest BCUT2D eigenvalue weighted by atomic mass is 10.1. The molecule has 0 bridgehead atoms. The van der Waals surface area contributed by atoms with Crippen LogP contribution < -0.4 is 4.90 Å². The molecule has 0 atom stereocenters. The summed E-state index contributed by atoms with van der Waals surface area (Å²) < 4.78 is 5.41. The van der Waals surface area contributed by atoms with Crippen LogP contribution in [0.4, 0.5) is 11.4 Å². The van der Waals surface area contributed by atoms with Crippen molar-refractivity contribution in [2.75, 3.05) is 31.2 Å². The molecule has 0 amide bonds. The average molecular weight is 342 g/mol. The molecule has 1 fully saturated rings. The molecule has 1 saturated heterocycles. The number of hydrogen-bond acceptors (Lipinski definition) is 3. The summed E-state index contributed by atoms with van der Waals surface area (Å²) in [5, 5.41) is 0. The Balaban J connectivity index is 1.42. The fraction of sp³-hybridized carbons (Fsp3) is 0.174. The minimum absolute atomic E-state index is 0.808. The van der Waals surface area contributed by atoms with Crippen LogP contribution in [0, 0.1) is 0 Å². The van der Waals surface area contributed by atoms with Gasteiger partial charge in [0.2, 0.25) is 0 Å². The molecule has 3 aromatic rings. The lowest BCUT2D eigenvalue weighted by molar-refractivity contribution is 0.122. The van der Waals surface area contributed by atoms with E-state index in [0.29, 0.717) is 0 Å². The molecule has 0 aromatic heterocycles. The lowest BCUT2D eigenvalue weighted by Gasteiger charge is -2.28. The zero-order valence-electron chi connectivity index (χ0n) is 14.7. The Labute approximate surface area is 154 Å². The SMILES string of the molecule is C(=Nc1ccc(-c2ccccc2)cc1)c1ccc(N2CCOCC2)cc1. The summed E-state index contributed by atoms with van der Waals surface area (Å²) in [5.74, 6) is 0. The van der Waals surface area contributed by atoms with Crippen molar-refractivity contribution in [1.29, 1.82) is 0 Å². The van der Waals surface area contributed by atoms with Gasteiger partial charge in [0, 0.05) is 25.0 Å². The van der Waals surface area contributed by atoms with Gasteiger partial charge in [-0.05, 0) is 41.0 Å². The van der Waals surface area contributed by atoms with Crippen LogP contribution in [0.2, 0.25) is 0 Å². The monoisotopic (exact) mass is 342 g/mol. The molecule has 0 spiro atoms. The third kappa shape index (κ3) is 4.01. The number of anilines is 1. The van der Waals surface area contributed by atoms with Gasteiger partial charge in [-0.3, -0.25) is 4.99 Å². The zero-order valence-corrected chi connectivity index (χ0v) is 14.7. The molecule has 1 aliphatic heterocycles. The van der Waals surface area contributed by atoms with E-state index in [4.69, 9.17) is 4.74 Å². The Morgan fingerprint density at radius 2 is 1.38 bits per heavy atom. The molecule has 0 radical (unpaired) electrons. The van der Waals surface area contributed by atoms with Gasteiger partial charge in [0.05, 0.1) is 18.9 Å². The van der Waals surface area contributed by atoms with E-state index in [9.17, 15) is 0 Å². The second-order valence-electron chi connectivity index (χ2n) is 6.36. The van der Waals surface area contributed by atoms with Crippen LogP contribution in [0.5, 0.6) is 0 Å². The standard InChI is InChI=1S/C23H22N2O/c1-2-4-20(5-3-1)21-8-10-22(11-9-21)24-18-19-6-12-23(13-7-19)25-14-16-26-17-15-25/h1-13,18H,14-17H2. The first-order valence-corrected chi connectivity index (χ1v) is 9.01. The van der Waals surface area contributed by atoms with Crippen LogP contribution in [0.1, 0.15) is 5.56 Å². The van der Waals surface area contributed by atoms with E-state index in [1.54, 1.807) is 0 Å². The van der Waals surface area contributed by atoms with Gasteiger partial charge in [-0.15, -0.1) is 0 Å². The van der Waals surface area contributed by atoms with Crippen molar-refractivity contribution in [2.24, 2.45) is 4.99 Å².